The van der Waals surface area contributed by atoms with E-state index < -0.39 is 0 Å². The fourth-order valence-electron chi connectivity index (χ4n) is 2.72. The van der Waals surface area contributed by atoms with Gasteiger partial charge in [0.1, 0.15) is 6.54 Å². The van der Waals surface area contributed by atoms with Crippen molar-refractivity contribution >= 4 is 23.2 Å². The molecule has 1 aliphatic rings. The summed E-state index contributed by atoms with van der Waals surface area (Å²) in [5.41, 5.74) is 1.40. The maximum absolute atomic E-state index is 12.6. The van der Waals surface area contributed by atoms with Crippen LogP contribution in [0.2, 0.25) is 0 Å². The highest BCUT2D eigenvalue weighted by Crippen LogP contribution is 2.28. The fourth-order valence-corrected chi connectivity index (χ4v) is 2.72. The molecule has 0 aliphatic carbocycles. The van der Waals surface area contributed by atoms with Gasteiger partial charge in [0.15, 0.2) is 0 Å². The zero-order valence-electron chi connectivity index (χ0n) is 13.8. The van der Waals surface area contributed by atoms with E-state index in [1.807, 2.05) is 49.0 Å². The minimum atomic E-state index is -0.181. The Morgan fingerprint density at radius 1 is 1.33 bits per heavy atom. The second-order valence-electron chi connectivity index (χ2n) is 5.94. The largest absolute Gasteiger partial charge is 0.323 e. The summed E-state index contributed by atoms with van der Waals surface area (Å²) in [7, 11) is 0. The molecule has 2 atom stereocenters. The highest BCUT2D eigenvalue weighted by Gasteiger charge is 2.26. The highest BCUT2D eigenvalue weighted by atomic mass is 16.2. The molecule has 0 saturated heterocycles. The smallest absolute Gasteiger partial charge is 0.244 e. The number of rotatable bonds is 5. The quantitative estimate of drug-likeness (QED) is 0.870. The number of amides is 2. The third-order valence-corrected chi connectivity index (χ3v) is 4.31. The van der Waals surface area contributed by atoms with E-state index in [0.717, 1.165) is 5.69 Å². The number of anilines is 2. The molecular formula is C17H21N5O2. The summed E-state index contributed by atoms with van der Waals surface area (Å²) < 4.78 is 1.85. The van der Waals surface area contributed by atoms with Gasteiger partial charge in [-0.15, -0.1) is 0 Å². The number of aromatic nitrogens is 2. The van der Waals surface area contributed by atoms with Crippen molar-refractivity contribution in [3.63, 3.8) is 0 Å². The van der Waals surface area contributed by atoms with E-state index in [0.29, 0.717) is 5.69 Å². The highest BCUT2D eigenvalue weighted by molar-refractivity contribution is 6.10. The molecule has 0 saturated carbocycles. The van der Waals surface area contributed by atoms with Crippen molar-refractivity contribution in [2.75, 3.05) is 23.3 Å². The second kappa shape index (κ2) is 6.84. The number of para-hydroxylation sites is 2. The van der Waals surface area contributed by atoms with Crippen molar-refractivity contribution in [1.29, 1.82) is 0 Å². The Hall–Kier alpha value is -2.67. The summed E-state index contributed by atoms with van der Waals surface area (Å²) >= 11 is 0. The molecule has 126 valence electrons. The summed E-state index contributed by atoms with van der Waals surface area (Å²) in [6.07, 6.45) is 3.63. The SMILES string of the molecule is CC(NCC(=O)N1CC(=O)Nc2ccccc21)C(C)n1cccn1. The number of carbonyl (C=O) groups excluding carboxylic acids is 2. The first-order valence-electron chi connectivity index (χ1n) is 7.98. The minimum Gasteiger partial charge on any atom is -0.323 e. The van der Waals surface area contributed by atoms with Crippen molar-refractivity contribution in [1.82, 2.24) is 15.1 Å². The Labute approximate surface area is 140 Å². The maximum Gasteiger partial charge on any atom is 0.244 e. The first-order chi connectivity index (χ1) is 11.6. The summed E-state index contributed by atoms with van der Waals surface area (Å²) in [6, 6.07) is 9.36. The van der Waals surface area contributed by atoms with Crippen LogP contribution in [-0.4, -0.2) is 40.7 Å². The molecule has 2 heterocycles. The molecule has 7 heteroatoms. The zero-order chi connectivity index (χ0) is 17.1. The Bertz CT molecular complexity index is 728. The number of nitrogens with one attached hydrogen (secondary N) is 2. The Kier molecular flexibility index (Phi) is 4.61. The van der Waals surface area contributed by atoms with Gasteiger partial charge in [-0.2, -0.15) is 5.10 Å². The average molecular weight is 327 g/mol. The standard InChI is InChI=1S/C17H21N5O2/c1-12(13(2)22-9-5-8-19-22)18-10-17(24)21-11-16(23)20-14-6-3-4-7-15(14)21/h3-9,12-13,18H,10-11H2,1-2H3,(H,20,23). The van der Waals surface area contributed by atoms with Crippen LogP contribution in [0, 0.1) is 0 Å². The molecule has 7 nitrogen and oxygen atoms in total. The van der Waals surface area contributed by atoms with E-state index in [1.54, 1.807) is 12.3 Å². The van der Waals surface area contributed by atoms with Crippen LogP contribution in [0.15, 0.2) is 42.7 Å². The molecule has 2 aromatic rings. The van der Waals surface area contributed by atoms with Gasteiger partial charge in [0.2, 0.25) is 11.8 Å². The first-order valence-corrected chi connectivity index (χ1v) is 7.98. The van der Waals surface area contributed by atoms with Crippen LogP contribution in [0.1, 0.15) is 19.9 Å². The van der Waals surface area contributed by atoms with E-state index in [4.69, 9.17) is 0 Å². The maximum atomic E-state index is 12.6. The van der Waals surface area contributed by atoms with Gasteiger partial charge in [-0.1, -0.05) is 12.1 Å². The third-order valence-electron chi connectivity index (χ3n) is 4.31. The van der Waals surface area contributed by atoms with E-state index in [-0.39, 0.29) is 37.0 Å². The van der Waals surface area contributed by atoms with Gasteiger partial charge in [-0.05, 0) is 32.0 Å². The first kappa shape index (κ1) is 16.2. The third kappa shape index (κ3) is 3.30. The van der Waals surface area contributed by atoms with Crippen LogP contribution in [-0.2, 0) is 9.59 Å². The molecule has 0 bridgehead atoms. The van der Waals surface area contributed by atoms with Crippen LogP contribution in [0.3, 0.4) is 0 Å². The summed E-state index contributed by atoms with van der Waals surface area (Å²) in [5, 5.41) is 10.2. The van der Waals surface area contributed by atoms with Gasteiger partial charge in [0, 0.05) is 18.4 Å². The molecule has 3 rings (SSSR count). The normalized spacial score (nSPS) is 16.2. The van der Waals surface area contributed by atoms with Crippen LogP contribution >= 0.6 is 0 Å². The topological polar surface area (TPSA) is 79.3 Å². The number of fused-ring (bicyclic) bond motifs is 1. The zero-order valence-corrected chi connectivity index (χ0v) is 13.8. The Morgan fingerprint density at radius 3 is 2.88 bits per heavy atom. The molecule has 0 spiro atoms. The Morgan fingerprint density at radius 2 is 2.12 bits per heavy atom. The van der Waals surface area contributed by atoms with Crippen molar-refractivity contribution in [2.45, 2.75) is 25.9 Å². The minimum absolute atomic E-state index is 0.0423. The van der Waals surface area contributed by atoms with Crippen molar-refractivity contribution in [3.05, 3.63) is 42.7 Å². The lowest BCUT2D eigenvalue weighted by Crippen LogP contribution is -2.47. The molecule has 1 aromatic heterocycles. The molecule has 0 fully saturated rings. The molecule has 2 unspecified atom stereocenters. The second-order valence-corrected chi connectivity index (χ2v) is 5.94. The van der Waals surface area contributed by atoms with Crippen LogP contribution in [0.25, 0.3) is 0 Å². The average Bonchev–Trinajstić information content (AvgIpc) is 3.12. The van der Waals surface area contributed by atoms with Crippen molar-refractivity contribution in [3.8, 4) is 0 Å². The number of hydrogen-bond acceptors (Lipinski definition) is 4. The van der Waals surface area contributed by atoms with Gasteiger partial charge >= 0.3 is 0 Å². The molecule has 2 amide bonds. The summed E-state index contributed by atoms with van der Waals surface area (Å²) in [6.45, 7) is 4.25. The predicted molar refractivity (Wildman–Crippen MR) is 91.8 cm³/mol. The van der Waals surface area contributed by atoms with E-state index in [2.05, 4.69) is 15.7 Å². The monoisotopic (exact) mass is 327 g/mol. The number of carbonyl (C=O) groups is 2. The van der Waals surface area contributed by atoms with Gasteiger partial charge in [-0.3, -0.25) is 19.2 Å². The van der Waals surface area contributed by atoms with Crippen LogP contribution in [0.4, 0.5) is 11.4 Å². The summed E-state index contributed by atoms with van der Waals surface area (Å²) in [4.78, 5) is 25.9. The Balaban J connectivity index is 1.64. The predicted octanol–water partition coefficient (Wildman–Crippen LogP) is 1.41. The van der Waals surface area contributed by atoms with Gasteiger partial charge in [0.05, 0.1) is 24.0 Å². The van der Waals surface area contributed by atoms with Gasteiger partial charge in [-0.25, -0.2) is 0 Å². The molecule has 1 aliphatic heterocycles. The number of benzene rings is 1. The number of nitrogens with zero attached hydrogens (tertiary/aromatic N) is 3. The lowest BCUT2D eigenvalue weighted by atomic mass is 10.1. The van der Waals surface area contributed by atoms with E-state index >= 15 is 0 Å². The van der Waals surface area contributed by atoms with E-state index in [1.165, 1.54) is 4.90 Å². The molecule has 24 heavy (non-hydrogen) atoms. The van der Waals surface area contributed by atoms with Crippen LogP contribution in [0.5, 0.6) is 0 Å². The lowest BCUT2D eigenvalue weighted by Gasteiger charge is -2.30. The number of hydrogen-bond donors (Lipinski definition) is 2. The lowest BCUT2D eigenvalue weighted by molar-refractivity contribution is -0.121. The van der Waals surface area contributed by atoms with E-state index in [9.17, 15) is 9.59 Å². The molecular weight excluding hydrogens is 306 g/mol. The molecule has 1 aromatic carbocycles. The van der Waals surface area contributed by atoms with Crippen molar-refractivity contribution < 1.29 is 9.59 Å². The molecule has 0 radical (unpaired) electrons. The van der Waals surface area contributed by atoms with Crippen LogP contribution < -0.4 is 15.5 Å². The summed E-state index contributed by atoms with van der Waals surface area (Å²) in [5.74, 6) is -0.308. The van der Waals surface area contributed by atoms with Gasteiger partial charge in [0.25, 0.3) is 0 Å². The van der Waals surface area contributed by atoms with Gasteiger partial charge < -0.3 is 10.6 Å². The molecule has 2 N–H and O–H groups in total. The fraction of sp³-hybridized carbons (Fsp3) is 0.353. The van der Waals surface area contributed by atoms with Crippen molar-refractivity contribution in [2.24, 2.45) is 0 Å².